The zero-order chi connectivity index (χ0) is 21.1. The number of carbonyl (C=O) groups is 1. The molecule has 4 rings (SSSR count). The predicted octanol–water partition coefficient (Wildman–Crippen LogP) is 3.46. The Kier molecular flexibility index (Phi) is 5.82. The van der Waals surface area contributed by atoms with Gasteiger partial charge in [-0.3, -0.25) is 4.79 Å². The molecular weight excluding hydrogens is 424 g/mol. The maximum absolute atomic E-state index is 12.1. The van der Waals surface area contributed by atoms with E-state index in [9.17, 15) is 4.79 Å². The Labute approximate surface area is 182 Å². The standard InChI is InChI=1S/C20H19ClN6O2S/c1-27(18-8-9-23-20(22)25-18)13-4-2-12(3-5-13)15-10-14(29-26-15)11-24-19(28)16-6-7-17(21)30-16/h2-9,14H,10-11H2,1H3,(H,24,28)(H2,22,23,25). The minimum atomic E-state index is -0.203. The van der Waals surface area contributed by atoms with Crippen molar-refractivity contribution in [1.82, 2.24) is 15.3 Å². The van der Waals surface area contributed by atoms with Crippen molar-refractivity contribution >= 4 is 52.0 Å². The summed E-state index contributed by atoms with van der Waals surface area (Å²) in [6.07, 6.45) is 2.04. The molecule has 1 amide bonds. The number of nitrogen functional groups attached to an aromatic ring is 1. The molecule has 2 aromatic heterocycles. The van der Waals surface area contributed by atoms with E-state index >= 15 is 0 Å². The molecule has 0 saturated carbocycles. The second-order valence-corrected chi connectivity index (χ2v) is 8.38. The molecule has 0 aliphatic carbocycles. The van der Waals surface area contributed by atoms with Crippen LogP contribution in [0.3, 0.4) is 0 Å². The van der Waals surface area contributed by atoms with Crippen molar-refractivity contribution in [1.29, 1.82) is 0 Å². The van der Waals surface area contributed by atoms with Crippen molar-refractivity contribution in [2.24, 2.45) is 5.16 Å². The molecule has 0 radical (unpaired) electrons. The number of anilines is 3. The highest BCUT2D eigenvalue weighted by atomic mass is 35.5. The summed E-state index contributed by atoms with van der Waals surface area (Å²) in [5, 5.41) is 7.04. The quantitative estimate of drug-likeness (QED) is 0.605. The van der Waals surface area contributed by atoms with Gasteiger partial charge in [-0.2, -0.15) is 4.98 Å². The van der Waals surface area contributed by atoms with Gasteiger partial charge in [0.1, 0.15) is 11.9 Å². The fourth-order valence-corrected chi connectivity index (χ4v) is 3.96. The van der Waals surface area contributed by atoms with Crippen LogP contribution in [-0.2, 0) is 4.84 Å². The highest BCUT2D eigenvalue weighted by Gasteiger charge is 2.23. The number of benzene rings is 1. The van der Waals surface area contributed by atoms with Crippen LogP contribution in [-0.4, -0.2) is 41.3 Å². The Morgan fingerprint density at radius 2 is 2.10 bits per heavy atom. The first-order valence-corrected chi connectivity index (χ1v) is 10.4. The molecule has 3 N–H and O–H groups in total. The molecule has 8 nitrogen and oxygen atoms in total. The molecule has 1 aromatic carbocycles. The first-order chi connectivity index (χ1) is 14.5. The average molecular weight is 443 g/mol. The number of nitrogens with zero attached hydrogens (tertiary/aromatic N) is 4. The summed E-state index contributed by atoms with van der Waals surface area (Å²) in [5.41, 5.74) is 8.42. The summed E-state index contributed by atoms with van der Waals surface area (Å²) < 4.78 is 0.583. The summed E-state index contributed by atoms with van der Waals surface area (Å²) >= 11 is 7.12. The molecule has 1 aliphatic heterocycles. The number of nitrogens with one attached hydrogen (secondary N) is 1. The third-order valence-electron chi connectivity index (χ3n) is 4.61. The second-order valence-electron chi connectivity index (χ2n) is 6.66. The van der Waals surface area contributed by atoms with Crippen LogP contribution in [0.2, 0.25) is 4.34 Å². The molecule has 10 heteroatoms. The van der Waals surface area contributed by atoms with Gasteiger partial charge in [0, 0.05) is 25.4 Å². The van der Waals surface area contributed by atoms with Crippen LogP contribution in [0, 0.1) is 0 Å². The summed E-state index contributed by atoms with van der Waals surface area (Å²) in [4.78, 5) is 28.2. The lowest BCUT2D eigenvalue weighted by Gasteiger charge is -2.18. The number of halogens is 1. The summed E-state index contributed by atoms with van der Waals surface area (Å²) in [6.45, 7) is 0.372. The van der Waals surface area contributed by atoms with Gasteiger partial charge in [0.15, 0.2) is 0 Å². The van der Waals surface area contributed by atoms with E-state index in [-0.39, 0.29) is 18.0 Å². The van der Waals surface area contributed by atoms with Crippen molar-refractivity contribution in [2.45, 2.75) is 12.5 Å². The number of rotatable bonds is 6. The Bertz CT molecular complexity index is 1080. The van der Waals surface area contributed by atoms with E-state index in [0.29, 0.717) is 28.0 Å². The SMILES string of the molecule is CN(c1ccc(C2=NOC(CNC(=O)c3ccc(Cl)s3)C2)cc1)c1ccnc(N)n1. The number of carbonyl (C=O) groups excluding carboxylic acids is 1. The summed E-state index contributed by atoms with van der Waals surface area (Å²) in [7, 11) is 1.91. The van der Waals surface area contributed by atoms with Gasteiger partial charge in [-0.15, -0.1) is 11.3 Å². The largest absolute Gasteiger partial charge is 0.390 e. The fraction of sp³-hybridized carbons (Fsp3) is 0.200. The van der Waals surface area contributed by atoms with Crippen molar-refractivity contribution in [3.8, 4) is 0 Å². The van der Waals surface area contributed by atoms with Gasteiger partial charge in [0.2, 0.25) is 5.95 Å². The van der Waals surface area contributed by atoms with Crippen LogP contribution in [0.1, 0.15) is 21.7 Å². The molecule has 0 saturated heterocycles. The molecule has 30 heavy (non-hydrogen) atoms. The van der Waals surface area contributed by atoms with Crippen LogP contribution in [0.5, 0.6) is 0 Å². The van der Waals surface area contributed by atoms with Crippen LogP contribution in [0.4, 0.5) is 17.5 Å². The topological polar surface area (TPSA) is 106 Å². The van der Waals surface area contributed by atoms with Crippen molar-refractivity contribution < 1.29 is 9.63 Å². The smallest absolute Gasteiger partial charge is 0.261 e. The highest BCUT2D eigenvalue weighted by molar-refractivity contribution is 7.18. The lowest BCUT2D eigenvalue weighted by Crippen LogP contribution is -2.31. The van der Waals surface area contributed by atoms with Gasteiger partial charge < -0.3 is 20.8 Å². The molecular formula is C20H19ClN6O2S. The van der Waals surface area contributed by atoms with Crippen LogP contribution >= 0.6 is 22.9 Å². The maximum atomic E-state index is 12.1. The maximum Gasteiger partial charge on any atom is 0.261 e. The number of aromatic nitrogens is 2. The average Bonchev–Trinajstić information content (AvgIpc) is 3.41. The van der Waals surface area contributed by atoms with Gasteiger partial charge in [-0.25, -0.2) is 4.98 Å². The van der Waals surface area contributed by atoms with E-state index in [1.807, 2.05) is 36.2 Å². The summed E-state index contributed by atoms with van der Waals surface area (Å²) in [5.74, 6) is 0.773. The molecule has 154 valence electrons. The van der Waals surface area contributed by atoms with Crippen molar-refractivity contribution in [3.63, 3.8) is 0 Å². The number of hydrogen-bond donors (Lipinski definition) is 2. The minimum Gasteiger partial charge on any atom is -0.390 e. The molecule has 0 bridgehead atoms. The highest BCUT2D eigenvalue weighted by Crippen LogP contribution is 2.24. The second kappa shape index (κ2) is 8.68. The number of nitrogens with two attached hydrogens (primary N) is 1. The molecule has 1 atom stereocenters. The third kappa shape index (κ3) is 4.52. The number of thiophene rings is 1. The van der Waals surface area contributed by atoms with Crippen LogP contribution < -0.4 is 16.0 Å². The van der Waals surface area contributed by atoms with Crippen molar-refractivity contribution in [2.75, 3.05) is 24.2 Å². The monoisotopic (exact) mass is 442 g/mol. The Hall–Kier alpha value is -3.17. The van der Waals surface area contributed by atoms with E-state index in [2.05, 4.69) is 20.4 Å². The zero-order valence-electron chi connectivity index (χ0n) is 16.1. The first kappa shape index (κ1) is 20.1. The number of oxime groups is 1. The van der Waals surface area contributed by atoms with Crippen LogP contribution in [0.25, 0.3) is 0 Å². The molecule has 3 heterocycles. The Balaban J connectivity index is 1.33. The molecule has 3 aromatic rings. The van der Waals surface area contributed by atoms with E-state index in [4.69, 9.17) is 22.2 Å². The van der Waals surface area contributed by atoms with E-state index in [1.165, 1.54) is 11.3 Å². The fourth-order valence-electron chi connectivity index (χ4n) is 3.00. The van der Waals surface area contributed by atoms with Gasteiger partial charge in [-0.1, -0.05) is 28.9 Å². The lowest BCUT2D eigenvalue weighted by atomic mass is 10.0. The van der Waals surface area contributed by atoms with Gasteiger partial charge in [0.25, 0.3) is 5.91 Å². The van der Waals surface area contributed by atoms with E-state index in [1.54, 1.807) is 24.4 Å². The van der Waals surface area contributed by atoms with Gasteiger partial charge in [0.05, 0.1) is 21.5 Å². The molecule has 0 spiro atoms. The molecule has 0 fully saturated rings. The zero-order valence-corrected chi connectivity index (χ0v) is 17.7. The van der Waals surface area contributed by atoms with Crippen molar-refractivity contribution in [3.05, 3.63) is 63.4 Å². The van der Waals surface area contributed by atoms with Gasteiger partial charge >= 0.3 is 0 Å². The van der Waals surface area contributed by atoms with E-state index in [0.717, 1.165) is 17.0 Å². The number of amides is 1. The molecule has 1 aliphatic rings. The summed E-state index contributed by atoms with van der Waals surface area (Å²) in [6, 6.07) is 13.1. The predicted molar refractivity (Wildman–Crippen MR) is 119 cm³/mol. The number of hydrogen-bond acceptors (Lipinski definition) is 8. The lowest BCUT2D eigenvalue weighted by molar-refractivity contribution is 0.0755. The minimum absolute atomic E-state index is 0.165. The van der Waals surface area contributed by atoms with Gasteiger partial charge in [-0.05, 0) is 35.9 Å². The Morgan fingerprint density at radius 3 is 2.80 bits per heavy atom. The van der Waals surface area contributed by atoms with Crippen LogP contribution in [0.15, 0.2) is 53.8 Å². The van der Waals surface area contributed by atoms with E-state index < -0.39 is 0 Å². The Morgan fingerprint density at radius 1 is 1.30 bits per heavy atom. The molecule has 1 unspecified atom stereocenters. The first-order valence-electron chi connectivity index (χ1n) is 9.18. The third-order valence-corrected chi connectivity index (χ3v) is 5.84. The normalized spacial score (nSPS) is 15.4.